The normalized spacial score (nSPS) is 32.7. The average molecular weight is 428 g/mol. The van der Waals surface area contributed by atoms with Gasteiger partial charge in [-0.2, -0.15) is 0 Å². The number of phenols is 1. The molecule has 0 bridgehead atoms. The Labute approximate surface area is 178 Å². The predicted molar refractivity (Wildman–Crippen MR) is 109 cm³/mol. The first-order valence-corrected chi connectivity index (χ1v) is 9.91. The largest absolute Gasteiger partial charge is 0.510 e. The van der Waals surface area contributed by atoms with E-state index in [2.05, 4.69) is 0 Å². The van der Waals surface area contributed by atoms with E-state index in [9.17, 15) is 34.8 Å². The average Bonchev–Trinajstić information content (AvgIpc) is 2.67. The third kappa shape index (κ3) is 2.66. The number of primary amides is 1. The third-order valence-corrected chi connectivity index (χ3v) is 6.86. The first-order valence-electron chi connectivity index (χ1n) is 9.91. The van der Waals surface area contributed by atoms with Gasteiger partial charge in [-0.25, -0.2) is 0 Å². The second kappa shape index (κ2) is 6.93. The summed E-state index contributed by atoms with van der Waals surface area (Å²) in [5.41, 5.74) is 5.11. The number of rotatable bonds is 2. The van der Waals surface area contributed by atoms with Gasteiger partial charge < -0.3 is 26.2 Å². The lowest BCUT2D eigenvalue weighted by Crippen LogP contribution is -2.61. The van der Waals surface area contributed by atoms with Crippen molar-refractivity contribution >= 4 is 23.2 Å². The second-order valence-electron chi connectivity index (χ2n) is 8.63. The summed E-state index contributed by atoms with van der Waals surface area (Å²) < 4.78 is 0. The number of ketones is 2. The number of benzene rings is 1. The highest BCUT2D eigenvalue weighted by molar-refractivity contribution is 6.28. The molecule has 9 heteroatoms. The van der Waals surface area contributed by atoms with E-state index in [4.69, 9.17) is 5.73 Å². The molecule has 0 unspecified atom stereocenters. The Morgan fingerprint density at radius 3 is 2.32 bits per heavy atom. The monoisotopic (exact) mass is 428 g/mol. The molecule has 0 heterocycles. The molecule has 3 aliphatic rings. The van der Waals surface area contributed by atoms with E-state index in [1.54, 1.807) is 33.2 Å². The number of amides is 1. The molecule has 1 fully saturated rings. The van der Waals surface area contributed by atoms with Crippen LogP contribution in [0.1, 0.15) is 24.0 Å². The molecule has 0 aromatic heterocycles. The first-order chi connectivity index (χ1) is 14.5. The second-order valence-corrected chi connectivity index (χ2v) is 8.63. The summed E-state index contributed by atoms with van der Waals surface area (Å²) in [7, 11) is 3.17. The molecule has 1 aromatic rings. The molecule has 1 aromatic carbocycles. The highest BCUT2D eigenvalue weighted by Crippen LogP contribution is 2.54. The van der Waals surface area contributed by atoms with Crippen molar-refractivity contribution in [3.63, 3.8) is 0 Å². The molecule has 0 radical (unpaired) electrons. The standard InChI is InChI=1S/C22H24N2O7/c1-7-8-5-4-6-9(25)11(8)18(27)13-10(7)17(26)12-14(19(13)28)20(29)15(22(23)31)21(30)16(12)24(2)3/h4-7,10,12,14,16-17,25-27,30H,1-3H3,(H2,23,31)/t7-,10+,12-,14-,16-,17-/m1/s1. The highest BCUT2D eigenvalue weighted by Gasteiger charge is 2.60. The Morgan fingerprint density at radius 1 is 1.10 bits per heavy atom. The van der Waals surface area contributed by atoms with Crippen molar-refractivity contribution in [1.29, 1.82) is 0 Å². The number of nitrogens with two attached hydrogens (primary N) is 1. The van der Waals surface area contributed by atoms with Gasteiger partial charge in [-0.05, 0) is 31.6 Å². The summed E-state index contributed by atoms with van der Waals surface area (Å²) in [6, 6.07) is 3.65. The fraction of sp³-hybridized carbons (Fsp3) is 0.409. The predicted octanol–water partition coefficient (Wildman–Crippen LogP) is 0.381. The summed E-state index contributed by atoms with van der Waals surface area (Å²) in [4.78, 5) is 40.1. The summed E-state index contributed by atoms with van der Waals surface area (Å²) in [5, 5.41) is 43.3. The van der Waals surface area contributed by atoms with Gasteiger partial charge in [0.1, 0.15) is 22.8 Å². The minimum absolute atomic E-state index is 0.0844. The number of fused-ring (bicyclic) bond motifs is 3. The third-order valence-electron chi connectivity index (χ3n) is 6.86. The van der Waals surface area contributed by atoms with Crippen molar-refractivity contribution in [2.24, 2.45) is 23.5 Å². The zero-order valence-corrected chi connectivity index (χ0v) is 17.2. The van der Waals surface area contributed by atoms with Crippen molar-refractivity contribution in [1.82, 2.24) is 4.90 Å². The molecule has 9 nitrogen and oxygen atoms in total. The van der Waals surface area contributed by atoms with Gasteiger partial charge in [0.2, 0.25) is 0 Å². The van der Waals surface area contributed by atoms with Crippen LogP contribution < -0.4 is 5.73 Å². The Bertz CT molecular complexity index is 1090. The molecular weight excluding hydrogens is 404 g/mol. The molecule has 1 saturated carbocycles. The van der Waals surface area contributed by atoms with Crippen LogP contribution in [0.3, 0.4) is 0 Å². The SMILES string of the molecule is C[C@@H]1c2cccc(O)c2C(O)=C2C(=O)[C@@H]3C(=O)C(C(N)=O)=C(O)[C@H](N(C)C)[C@@H]3[C@H](O)[C@H]21. The molecule has 0 saturated heterocycles. The van der Waals surface area contributed by atoms with Gasteiger partial charge in [0.05, 0.1) is 23.6 Å². The van der Waals surface area contributed by atoms with Crippen molar-refractivity contribution in [2.45, 2.75) is 25.0 Å². The molecule has 4 rings (SSSR count). The molecule has 6 atom stereocenters. The number of likely N-dealkylation sites (N-methyl/N-ethyl adjacent to an activating group) is 1. The lowest BCUT2D eigenvalue weighted by molar-refractivity contribution is -0.143. The van der Waals surface area contributed by atoms with Crippen LogP contribution in [0.25, 0.3) is 5.76 Å². The maximum atomic E-state index is 13.6. The number of carbonyl (C=O) groups is 3. The number of Topliss-reactive ketones (excluding diaryl/α,β-unsaturated/α-hetero) is 2. The summed E-state index contributed by atoms with van der Waals surface area (Å²) in [6.07, 6.45) is -1.31. The van der Waals surface area contributed by atoms with Crippen LogP contribution in [0.15, 0.2) is 35.1 Å². The highest BCUT2D eigenvalue weighted by atomic mass is 16.3. The van der Waals surface area contributed by atoms with Crippen LogP contribution in [-0.2, 0) is 14.4 Å². The topological polar surface area (TPSA) is 161 Å². The fourth-order valence-corrected chi connectivity index (χ4v) is 5.57. The van der Waals surface area contributed by atoms with Gasteiger partial charge in [0, 0.05) is 17.4 Å². The van der Waals surface area contributed by atoms with Crippen LogP contribution in [-0.4, -0.2) is 69.0 Å². The van der Waals surface area contributed by atoms with Gasteiger partial charge in [0.15, 0.2) is 11.6 Å². The van der Waals surface area contributed by atoms with Gasteiger partial charge in [0.25, 0.3) is 5.91 Å². The quantitative estimate of drug-likeness (QED) is 0.334. The molecule has 164 valence electrons. The number of carbonyl (C=O) groups excluding carboxylic acids is 3. The van der Waals surface area contributed by atoms with E-state index in [1.807, 2.05) is 0 Å². The molecule has 1 amide bonds. The molecular formula is C22H24N2O7. The van der Waals surface area contributed by atoms with Crippen LogP contribution in [0, 0.1) is 17.8 Å². The zero-order valence-electron chi connectivity index (χ0n) is 17.2. The Hall–Kier alpha value is -3.17. The number of aliphatic hydroxyl groups is 3. The van der Waals surface area contributed by atoms with Crippen molar-refractivity contribution in [3.05, 3.63) is 46.2 Å². The van der Waals surface area contributed by atoms with Crippen molar-refractivity contribution in [3.8, 4) is 5.75 Å². The maximum Gasteiger partial charge on any atom is 0.255 e. The number of nitrogens with zero attached hydrogens (tertiary/aromatic N) is 1. The molecule has 3 aliphatic carbocycles. The Morgan fingerprint density at radius 2 is 1.74 bits per heavy atom. The Balaban J connectivity index is 1.99. The van der Waals surface area contributed by atoms with Crippen LogP contribution in [0.4, 0.5) is 0 Å². The molecule has 0 spiro atoms. The van der Waals surface area contributed by atoms with E-state index >= 15 is 0 Å². The zero-order chi connectivity index (χ0) is 22.9. The van der Waals surface area contributed by atoms with E-state index in [0.29, 0.717) is 5.56 Å². The molecule has 31 heavy (non-hydrogen) atoms. The van der Waals surface area contributed by atoms with E-state index in [-0.39, 0.29) is 16.9 Å². The van der Waals surface area contributed by atoms with Gasteiger partial charge in [-0.3, -0.25) is 19.3 Å². The van der Waals surface area contributed by atoms with Gasteiger partial charge in [-0.15, -0.1) is 0 Å². The minimum Gasteiger partial charge on any atom is -0.510 e. The minimum atomic E-state index is -1.51. The number of hydrogen-bond acceptors (Lipinski definition) is 8. The van der Waals surface area contributed by atoms with Crippen molar-refractivity contribution < 1.29 is 34.8 Å². The van der Waals surface area contributed by atoms with Crippen LogP contribution in [0.2, 0.25) is 0 Å². The lowest BCUT2D eigenvalue weighted by Gasteiger charge is -2.50. The molecule has 0 aliphatic heterocycles. The lowest BCUT2D eigenvalue weighted by atomic mass is 9.56. The Kier molecular flexibility index (Phi) is 4.71. The molecule has 6 N–H and O–H groups in total. The maximum absolute atomic E-state index is 13.6. The van der Waals surface area contributed by atoms with E-state index in [0.717, 1.165) is 0 Å². The van der Waals surface area contributed by atoms with Gasteiger partial charge in [-0.1, -0.05) is 19.1 Å². The summed E-state index contributed by atoms with van der Waals surface area (Å²) in [5.74, 6) is -8.11. The van der Waals surface area contributed by atoms with Crippen molar-refractivity contribution in [2.75, 3.05) is 14.1 Å². The first kappa shape index (κ1) is 21.1. The van der Waals surface area contributed by atoms with Crippen LogP contribution in [0.5, 0.6) is 5.75 Å². The number of aliphatic hydroxyl groups excluding tert-OH is 3. The van der Waals surface area contributed by atoms with Crippen LogP contribution >= 0.6 is 0 Å². The summed E-state index contributed by atoms with van der Waals surface area (Å²) in [6.45, 7) is 1.76. The van der Waals surface area contributed by atoms with E-state index < -0.39 is 70.4 Å². The smallest absolute Gasteiger partial charge is 0.255 e. The van der Waals surface area contributed by atoms with Gasteiger partial charge >= 0.3 is 0 Å². The fourth-order valence-electron chi connectivity index (χ4n) is 5.57. The van der Waals surface area contributed by atoms with E-state index in [1.165, 1.54) is 11.0 Å². The number of aromatic hydroxyl groups is 1. The number of phenolic OH excluding ortho intramolecular Hbond substituents is 1. The summed E-state index contributed by atoms with van der Waals surface area (Å²) >= 11 is 0. The number of hydrogen-bond donors (Lipinski definition) is 5.